The average molecular weight is 466 g/mol. The van der Waals surface area contributed by atoms with Crippen molar-refractivity contribution in [3.05, 3.63) is 69.8 Å². The van der Waals surface area contributed by atoms with Gasteiger partial charge in [0.1, 0.15) is 12.6 Å². The number of carbonyl (C=O) groups is 2. The van der Waals surface area contributed by atoms with Crippen molar-refractivity contribution in [2.45, 2.75) is 44.8 Å². The first-order chi connectivity index (χ1) is 14.3. The maximum Gasteiger partial charge on any atom is 0.246 e. The van der Waals surface area contributed by atoms with E-state index in [2.05, 4.69) is 33.0 Å². The predicted molar refractivity (Wildman–Crippen MR) is 120 cm³/mol. The molecule has 1 aromatic heterocycles. The van der Waals surface area contributed by atoms with E-state index in [1.54, 1.807) is 4.90 Å². The zero-order valence-corrected chi connectivity index (χ0v) is 18.9. The molecule has 2 aliphatic rings. The molecule has 0 radical (unpaired) electrons. The molecule has 6 heteroatoms. The molecule has 5 nitrogen and oxygen atoms in total. The lowest BCUT2D eigenvalue weighted by Gasteiger charge is -2.50. The van der Waals surface area contributed by atoms with E-state index >= 15 is 0 Å². The molecule has 0 bridgehead atoms. The van der Waals surface area contributed by atoms with Gasteiger partial charge in [-0.25, -0.2) is 0 Å². The first-order valence-corrected chi connectivity index (χ1v) is 11.0. The van der Waals surface area contributed by atoms with Crippen molar-refractivity contribution in [2.24, 2.45) is 0 Å². The minimum Gasteiger partial charge on any atom is -0.356 e. The number of hydrogen-bond acceptors (Lipinski definition) is 2. The second-order valence-corrected chi connectivity index (χ2v) is 10.0. The van der Waals surface area contributed by atoms with Gasteiger partial charge in [0.2, 0.25) is 11.8 Å². The van der Waals surface area contributed by atoms with Gasteiger partial charge >= 0.3 is 0 Å². The van der Waals surface area contributed by atoms with Crippen LogP contribution >= 0.6 is 15.9 Å². The summed E-state index contributed by atoms with van der Waals surface area (Å²) in [6, 6.07) is 15.4. The summed E-state index contributed by atoms with van der Waals surface area (Å²) in [7, 11) is 0. The van der Waals surface area contributed by atoms with Gasteiger partial charge in [0.25, 0.3) is 0 Å². The van der Waals surface area contributed by atoms with Gasteiger partial charge in [0.05, 0.1) is 6.04 Å². The molecule has 5 rings (SSSR count). The molecule has 0 spiro atoms. The average Bonchev–Trinajstić information content (AvgIpc) is 3.07. The number of carbonyl (C=O) groups excluding carboxylic acids is 2. The van der Waals surface area contributed by atoms with Crippen LogP contribution in [0.3, 0.4) is 0 Å². The highest BCUT2D eigenvalue weighted by Gasteiger charge is 2.50. The maximum absolute atomic E-state index is 13.6. The van der Waals surface area contributed by atoms with Crippen LogP contribution in [-0.4, -0.2) is 44.7 Å². The second-order valence-electron chi connectivity index (χ2n) is 9.13. The standard InChI is InChI=1S/C24H24BrN3O2/c1-24(2,3)27-13-20(29)28-19(23(27)30)12-17-16-6-4-5-7-18(16)26-21(17)22(28)14-8-10-15(25)11-9-14/h4-11,19,22,26H,12-13H2,1-3H3/t19-,22-/m1/s1. The van der Waals surface area contributed by atoms with Gasteiger partial charge in [-0.05, 0) is 50.1 Å². The van der Waals surface area contributed by atoms with Crippen LogP contribution in [0.15, 0.2) is 53.0 Å². The summed E-state index contributed by atoms with van der Waals surface area (Å²) >= 11 is 3.50. The molecule has 3 aromatic rings. The number of fused-ring (bicyclic) bond motifs is 4. The molecule has 1 fully saturated rings. The zero-order chi connectivity index (χ0) is 21.2. The zero-order valence-electron chi connectivity index (χ0n) is 17.3. The quantitative estimate of drug-likeness (QED) is 0.578. The van der Waals surface area contributed by atoms with Crippen LogP contribution in [-0.2, 0) is 16.0 Å². The lowest BCUT2D eigenvalue weighted by atomic mass is 9.85. The van der Waals surface area contributed by atoms with E-state index < -0.39 is 11.6 Å². The lowest BCUT2D eigenvalue weighted by molar-refractivity contribution is -0.163. The van der Waals surface area contributed by atoms with Gasteiger partial charge in [-0.1, -0.05) is 46.3 Å². The smallest absolute Gasteiger partial charge is 0.246 e. The van der Waals surface area contributed by atoms with E-state index in [9.17, 15) is 9.59 Å². The largest absolute Gasteiger partial charge is 0.356 e. The number of H-pyrrole nitrogens is 1. The summed E-state index contributed by atoms with van der Waals surface area (Å²) in [5, 5.41) is 1.13. The molecule has 0 unspecified atom stereocenters. The van der Waals surface area contributed by atoms with Crippen molar-refractivity contribution in [3.63, 3.8) is 0 Å². The van der Waals surface area contributed by atoms with E-state index in [0.29, 0.717) is 6.42 Å². The third kappa shape index (κ3) is 2.88. The van der Waals surface area contributed by atoms with Crippen LogP contribution in [0, 0.1) is 0 Å². The molecule has 2 atom stereocenters. The predicted octanol–water partition coefficient (Wildman–Crippen LogP) is 4.41. The van der Waals surface area contributed by atoms with Crippen molar-refractivity contribution in [1.29, 1.82) is 0 Å². The van der Waals surface area contributed by atoms with Crippen LogP contribution in [0.4, 0.5) is 0 Å². The molecular weight excluding hydrogens is 442 g/mol. The number of aromatic amines is 1. The van der Waals surface area contributed by atoms with Gasteiger partial charge in [0.15, 0.2) is 0 Å². The van der Waals surface area contributed by atoms with Crippen molar-refractivity contribution in [1.82, 2.24) is 14.8 Å². The van der Waals surface area contributed by atoms with Gasteiger partial charge in [0, 0.05) is 33.0 Å². The Labute approximate surface area is 184 Å². The van der Waals surface area contributed by atoms with Crippen LogP contribution in [0.1, 0.15) is 43.6 Å². The topological polar surface area (TPSA) is 56.4 Å². The summed E-state index contributed by atoms with van der Waals surface area (Å²) in [5.41, 5.74) is 3.79. The SMILES string of the molecule is CC(C)(C)N1CC(=O)N2[C@H](c3ccc(Br)cc3)c3[nH]c4ccccc4c3C[C@@H]2C1=O. The molecular formula is C24H24BrN3O2. The summed E-state index contributed by atoms with van der Waals surface area (Å²) in [5.74, 6) is 0.0203. The first kappa shape index (κ1) is 19.4. The van der Waals surface area contributed by atoms with Crippen molar-refractivity contribution >= 4 is 38.6 Å². The molecule has 0 aliphatic carbocycles. The number of amides is 2. The third-order valence-corrected chi connectivity index (χ3v) is 6.79. The molecule has 3 heterocycles. The number of aromatic nitrogens is 1. The lowest BCUT2D eigenvalue weighted by Crippen LogP contribution is -2.66. The number of halogens is 1. The molecule has 0 saturated carbocycles. The maximum atomic E-state index is 13.6. The molecule has 1 saturated heterocycles. The summed E-state index contributed by atoms with van der Waals surface area (Å²) < 4.78 is 0.982. The first-order valence-electron chi connectivity index (χ1n) is 10.2. The van der Waals surface area contributed by atoms with Gasteiger partial charge in [-0.15, -0.1) is 0 Å². The second kappa shape index (κ2) is 6.71. The Bertz CT molecular complexity index is 1160. The van der Waals surface area contributed by atoms with Crippen LogP contribution < -0.4 is 0 Å². The van der Waals surface area contributed by atoms with Gasteiger partial charge in [-0.3, -0.25) is 9.59 Å². The van der Waals surface area contributed by atoms with E-state index in [1.807, 2.05) is 62.1 Å². The normalized spacial score (nSPS) is 21.7. The number of piperazine rings is 1. The Kier molecular flexibility index (Phi) is 4.33. The fraction of sp³-hybridized carbons (Fsp3) is 0.333. The van der Waals surface area contributed by atoms with Gasteiger partial charge < -0.3 is 14.8 Å². The molecule has 30 heavy (non-hydrogen) atoms. The van der Waals surface area contributed by atoms with Crippen molar-refractivity contribution in [3.8, 4) is 0 Å². The fourth-order valence-corrected chi connectivity index (χ4v) is 5.09. The van der Waals surface area contributed by atoms with E-state index in [-0.39, 0.29) is 24.4 Å². The van der Waals surface area contributed by atoms with Crippen molar-refractivity contribution < 1.29 is 9.59 Å². The molecule has 2 amide bonds. The summed E-state index contributed by atoms with van der Waals surface area (Å²) in [6.45, 7) is 6.07. The van der Waals surface area contributed by atoms with E-state index in [4.69, 9.17) is 0 Å². The Morgan fingerprint density at radius 2 is 1.73 bits per heavy atom. The van der Waals surface area contributed by atoms with Crippen molar-refractivity contribution in [2.75, 3.05) is 6.54 Å². The van der Waals surface area contributed by atoms with Gasteiger partial charge in [-0.2, -0.15) is 0 Å². The van der Waals surface area contributed by atoms with Crippen LogP contribution in [0.5, 0.6) is 0 Å². The van der Waals surface area contributed by atoms with E-state index in [1.165, 1.54) is 0 Å². The highest BCUT2D eigenvalue weighted by atomic mass is 79.9. The Morgan fingerprint density at radius 3 is 2.43 bits per heavy atom. The number of rotatable bonds is 1. The highest BCUT2D eigenvalue weighted by Crippen LogP contribution is 2.43. The minimum atomic E-state index is -0.495. The number of nitrogens with zero attached hydrogens (tertiary/aromatic N) is 2. The third-order valence-electron chi connectivity index (χ3n) is 6.26. The number of hydrogen-bond donors (Lipinski definition) is 1. The highest BCUT2D eigenvalue weighted by molar-refractivity contribution is 9.10. The van der Waals surface area contributed by atoms with Crippen LogP contribution in [0.25, 0.3) is 10.9 Å². The minimum absolute atomic E-state index is 0.00764. The molecule has 1 N–H and O–H groups in total. The fourth-order valence-electron chi connectivity index (χ4n) is 4.82. The monoisotopic (exact) mass is 465 g/mol. The summed E-state index contributed by atoms with van der Waals surface area (Å²) in [6.07, 6.45) is 0.531. The molecule has 154 valence electrons. The Balaban J connectivity index is 1.72. The molecule has 2 aromatic carbocycles. The number of benzene rings is 2. The molecule has 2 aliphatic heterocycles. The summed E-state index contributed by atoms with van der Waals surface area (Å²) in [4.78, 5) is 34.1. The Hall–Kier alpha value is -2.60. The number of para-hydroxylation sites is 1. The number of nitrogens with one attached hydrogen (secondary N) is 1. The van der Waals surface area contributed by atoms with Crippen LogP contribution in [0.2, 0.25) is 0 Å². The Morgan fingerprint density at radius 1 is 1.03 bits per heavy atom. The van der Waals surface area contributed by atoms with E-state index in [0.717, 1.165) is 32.2 Å².